The summed E-state index contributed by atoms with van der Waals surface area (Å²) in [4.78, 5) is 31.0. The van der Waals surface area contributed by atoms with E-state index in [0.29, 0.717) is 23.8 Å². The number of benzene rings is 1. The summed E-state index contributed by atoms with van der Waals surface area (Å²) < 4.78 is 15.9. The maximum absolute atomic E-state index is 14.0. The van der Waals surface area contributed by atoms with Gasteiger partial charge in [-0.25, -0.2) is 19.3 Å². The predicted molar refractivity (Wildman–Crippen MR) is 125 cm³/mol. The third-order valence-corrected chi connectivity index (χ3v) is 6.01. The second-order valence-corrected chi connectivity index (χ2v) is 8.63. The minimum atomic E-state index is -0.325. The normalized spacial score (nSPS) is 15.9. The molecule has 1 aromatic carbocycles. The van der Waals surface area contributed by atoms with Gasteiger partial charge in [-0.2, -0.15) is 0 Å². The SMILES string of the molecule is Cc1ccn2cc(C(=O)N3CCC[C@@H]3c3nc(N(C)C)ncc3-c3cccc(F)c3)nc2c1. The summed E-state index contributed by atoms with van der Waals surface area (Å²) in [7, 11) is 3.74. The molecule has 0 radical (unpaired) electrons. The number of pyridine rings is 1. The number of amides is 1. The Hall–Kier alpha value is -3.81. The van der Waals surface area contributed by atoms with Gasteiger partial charge in [-0.1, -0.05) is 12.1 Å². The Kier molecular flexibility index (Phi) is 5.28. The lowest BCUT2D eigenvalue weighted by atomic mass is 9.99. The molecular formula is C25H25FN6O. The Balaban J connectivity index is 1.57. The van der Waals surface area contributed by atoms with Gasteiger partial charge in [-0.3, -0.25) is 4.79 Å². The number of aryl methyl sites for hydroxylation is 1. The number of halogens is 1. The number of hydrogen-bond acceptors (Lipinski definition) is 5. The summed E-state index contributed by atoms with van der Waals surface area (Å²) >= 11 is 0. The van der Waals surface area contributed by atoms with Gasteiger partial charge in [0.15, 0.2) is 0 Å². The van der Waals surface area contributed by atoms with Gasteiger partial charge in [-0.15, -0.1) is 0 Å². The fourth-order valence-electron chi connectivity index (χ4n) is 4.36. The van der Waals surface area contributed by atoms with Crippen molar-refractivity contribution >= 4 is 17.5 Å². The van der Waals surface area contributed by atoms with Gasteiger partial charge < -0.3 is 14.2 Å². The van der Waals surface area contributed by atoms with Gasteiger partial charge >= 0.3 is 0 Å². The van der Waals surface area contributed by atoms with E-state index in [0.717, 1.165) is 35.3 Å². The smallest absolute Gasteiger partial charge is 0.274 e. The van der Waals surface area contributed by atoms with Crippen molar-refractivity contribution in [1.82, 2.24) is 24.3 Å². The zero-order chi connectivity index (χ0) is 23.1. The lowest BCUT2D eigenvalue weighted by Crippen LogP contribution is -2.32. The van der Waals surface area contributed by atoms with Gasteiger partial charge in [0, 0.05) is 44.8 Å². The topological polar surface area (TPSA) is 66.6 Å². The summed E-state index contributed by atoms with van der Waals surface area (Å²) in [6.45, 7) is 2.61. The van der Waals surface area contributed by atoms with Gasteiger partial charge in [0.2, 0.25) is 5.95 Å². The molecule has 0 spiro atoms. The van der Waals surface area contributed by atoms with Gasteiger partial charge in [0.05, 0.1) is 11.7 Å². The van der Waals surface area contributed by atoms with Crippen molar-refractivity contribution in [2.24, 2.45) is 0 Å². The Labute approximate surface area is 191 Å². The number of anilines is 1. The van der Waals surface area contributed by atoms with Crippen LogP contribution in [0.3, 0.4) is 0 Å². The molecular weight excluding hydrogens is 419 g/mol. The highest BCUT2D eigenvalue weighted by Crippen LogP contribution is 2.38. The van der Waals surface area contributed by atoms with E-state index in [2.05, 4.69) is 9.97 Å². The number of rotatable bonds is 4. The van der Waals surface area contributed by atoms with Gasteiger partial charge in [-0.05, 0) is 55.2 Å². The summed E-state index contributed by atoms with van der Waals surface area (Å²) in [6, 6.07) is 10.1. The Morgan fingerprint density at radius 2 is 2.03 bits per heavy atom. The molecule has 168 valence electrons. The fraction of sp³-hybridized carbons (Fsp3) is 0.280. The number of carbonyl (C=O) groups excluding carboxylic acids is 1. The summed E-state index contributed by atoms with van der Waals surface area (Å²) in [5.41, 5.74) is 4.38. The van der Waals surface area contributed by atoms with Crippen molar-refractivity contribution < 1.29 is 9.18 Å². The van der Waals surface area contributed by atoms with Crippen LogP contribution in [0.2, 0.25) is 0 Å². The number of aromatic nitrogens is 4. The summed E-state index contributed by atoms with van der Waals surface area (Å²) in [6.07, 6.45) is 7.02. The molecule has 1 amide bonds. The van der Waals surface area contributed by atoms with E-state index < -0.39 is 0 Å². The van der Waals surface area contributed by atoms with Crippen LogP contribution < -0.4 is 4.90 Å². The number of fused-ring (bicyclic) bond motifs is 1. The molecule has 0 N–H and O–H groups in total. The maximum Gasteiger partial charge on any atom is 0.274 e. The molecule has 33 heavy (non-hydrogen) atoms. The lowest BCUT2D eigenvalue weighted by molar-refractivity contribution is 0.0728. The van der Waals surface area contributed by atoms with Crippen LogP contribution in [0.15, 0.2) is 55.0 Å². The molecule has 8 heteroatoms. The quantitative estimate of drug-likeness (QED) is 0.470. The summed E-state index contributed by atoms with van der Waals surface area (Å²) in [5.74, 6) is 0.0937. The van der Waals surface area contributed by atoms with E-state index in [-0.39, 0.29) is 17.8 Å². The van der Waals surface area contributed by atoms with Crippen LogP contribution in [0.25, 0.3) is 16.8 Å². The van der Waals surface area contributed by atoms with Crippen LogP contribution >= 0.6 is 0 Å². The molecule has 1 atom stereocenters. The van der Waals surface area contributed by atoms with E-state index in [1.165, 1.54) is 12.1 Å². The average Bonchev–Trinajstić information content (AvgIpc) is 3.45. The van der Waals surface area contributed by atoms with Crippen molar-refractivity contribution in [3.8, 4) is 11.1 Å². The standard InChI is InChI=1S/C25H25FN6O/c1-16-9-11-31-15-20(28-22(31)12-16)24(33)32-10-5-8-21(32)23-19(14-27-25(29-23)30(2)3)17-6-4-7-18(26)13-17/h4,6-7,9,11-15,21H,5,8,10H2,1-3H3/t21-/m1/s1. The van der Waals surface area contributed by atoms with Gasteiger partial charge in [0.25, 0.3) is 5.91 Å². The largest absolute Gasteiger partial charge is 0.347 e. The first-order chi connectivity index (χ1) is 15.9. The highest BCUT2D eigenvalue weighted by atomic mass is 19.1. The number of carbonyl (C=O) groups is 1. The van der Waals surface area contributed by atoms with E-state index >= 15 is 0 Å². The first kappa shape index (κ1) is 21.1. The minimum absolute atomic E-state index is 0.130. The van der Waals surface area contributed by atoms with E-state index in [1.807, 2.05) is 59.6 Å². The second kappa shape index (κ2) is 8.27. The Morgan fingerprint density at radius 1 is 1.18 bits per heavy atom. The van der Waals surface area contributed by atoms with E-state index in [9.17, 15) is 9.18 Å². The van der Waals surface area contributed by atoms with Crippen LogP contribution in [0.1, 0.15) is 40.6 Å². The Bertz CT molecular complexity index is 1350. The average molecular weight is 445 g/mol. The fourth-order valence-corrected chi connectivity index (χ4v) is 4.36. The monoisotopic (exact) mass is 444 g/mol. The molecule has 5 rings (SSSR count). The molecule has 1 aliphatic heterocycles. The van der Waals surface area contributed by atoms with Crippen molar-refractivity contribution in [2.45, 2.75) is 25.8 Å². The summed E-state index contributed by atoms with van der Waals surface area (Å²) in [5, 5.41) is 0. The predicted octanol–water partition coefficient (Wildman–Crippen LogP) is 4.28. The van der Waals surface area contributed by atoms with Crippen LogP contribution in [-0.2, 0) is 0 Å². The van der Waals surface area contributed by atoms with E-state index in [4.69, 9.17) is 4.98 Å². The molecule has 1 saturated heterocycles. The molecule has 0 unspecified atom stereocenters. The molecule has 4 heterocycles. The first-order valence-electron chi connectivity index (χ1n) is 11.0. The minimum Gasteiger partial charge on any atom is -0.347 e. The van der Waals surface area contributed by atoms with Crippen LogP contribution in [-0.4, -0.2) is 50.8 Å². The molecule has 4 aromatic rings. The van der Waals surface area contributed by atoms with Crippen LogP contribution in [0.5, 0.6) is 0 Å². The molecule has 1 fully saturated rings. The van der Waals surface area contributed by atoms with Crippen LogP contribution in [0, 0.1) is 12.7 Å². The van der Waals surface area contributed by atoms with Crippen molar-refractivity contribution in [3.05, 3.63) is 77.8 Å². The highest BCUT2D eigenvalue weighted by molar-refractivity contribution is 5.93. The molecule has 7 nitrogen and oxygen atoms in total. The molecule has 0 saturated carbocycles. The van der Waals surface area contributed by atoms with Gasteiger partial charge in [0.1, 0.15) is 17.2 Å². The first-order valence-corrected chi connectivity index (χ1v) is 11.0. The van der Waals surface area contributed by atoms with Crippen LogP contribution in [0.4, 0.5) is 10.3 Å². The zero-order valence-corrected chi connectivity index (χ0v) is 18.9. The van der Waals surface area contributed by atoms with Crippen molar-refractivity contribution in [3.63, 3.8) is 0 Å². The molecule has 1 aliphatic rings. The number of nitrogens with zero attached hydrogens (tertiary/aromatic N) is 6. The zero-order valence-electron chi connectivity index (χ0n) is 18.9. The second-order valence-electron chi connectivity index (χ2n) is 8.63. The molecule has 3 aromatic heterocycles. The lowest BCUT2D eigenvalue weighted by Gasteiger charge is -2.26. The Morgan fingerprint density at radius 3 is 2.82 bits per heavy atom. The van der Waals surface area contributed by atoms with Crippen molar-refractivity contribution in [1.29, 1.82) is 0 Å². The molecule has 0 bridgehead atoms. The molecule has 0 aliphatic carbocycles. The number of imidazole rings is 1. The van der Waals surface area contributed by atoms with E-state index in [1.54, 1.807) is 18.5 Å². The third kappa shape index (κ3) is 3.92. The third-order valence-electron chi connectivity index (χ3n) is 6.01. The number of likely N-dealkylation sites (tertiary alicyclic amines) is 1. The maximum atomic E-state index is 14.0. The number of hydrogen-bond donors (Lipinski definition) is 0. The highest BCUT2D eigenvalue weighted by Gasteiger charge is 2.35. The van der Waals surface area contributed by atoms with Crippen molar-refractivity contribution in [2.75, 3.05) is 25.5 Å².